The molecule has 0 atom stereocenters. The Morgan fingerprint density at radius 2 is 1.93 bits per heavy atom. The van der Waals surface area contributed by atoms with Gasteiger partial charge in [0, 0.05) is 0 Å². The van der Waals surface area contributed by atoms with Gasteiger partial charge in [-0.05, 0) is 42.2 Å². The molecule has 15 heavy (non-hydrogen) atoms. The molecule has 0 unspecified atom stereocenters. The van der Waals surface area contributed by atoms with E-state index in [4.69, 9.17) is 0 Å². The zero-order valence-electron chi connectivity index (χ0n) is 10.00. The standard InChI is InChI=1S/C15H22/c1-12(2)10-13-6-5-9-15(11-13)14-7-3-4-8-14/h5-6,9,11-12,14H,3-4,7-8,10H2,1-2H3. The van der Waals surface area contributed by atoms with E-state index in [1.165, 1.54) is 37.7 Å². The normalized spacial score (nSPS) is 17.5. The second-order valence-corrected chi connectivity index (χ2v) is 5.32. The lowest BCUT2D eigenvalue weighted by Crippen LogP contribution is -1.97. The molecular formula is C15H22. The van der Waals surface area contributed by atoms with Crippen molar-refractivity contribution in [3.8, 4) is 0 Å². The lowest BCUT2D eigenvalue weighted by atomic mass is 9.93. The number of rotatable bonds is 3. The van der Waals surface area contributed by atoms with Crippen LogP contribution in [0.3, 0.4) is 0 Å². The van der Waals surface area contributed by atoms with E-state index in [2.05, 4.69) is 38.1 Å². The highest BCUT2D eigenvalue weighted by Crippen LogP contribution is 2.34. The quantitative estimate of drug-likeness (QED) is 0.675. The van der Waals surface area contributed by atoms with E-state index in [-0.39, 0.29) is 0 Å². The second-order valence-electron chi connectivity index (χ2n) is 5.32. The first-order chi connectivity index (χ1) is 7.25. The van der Waals surface area contributed by atoms with Gasteiger partial charge in [0.25, 0.3) is 0 Å². The van der Waals surface area contributed by atoms with Gasteiger partial charge in [0.05, 0.1) is 0 Å². The lowest BCUT2D eigenvalue weighted by molar-refractivity contribution is 0.644. The van der Waals surface area contributed by atoms with E-state index in [1.54, 1.807) is 5.56 Å². The summed E-state index contributed by atoms with van der Waals surface area (Å²) in [6.45, 7) is 4.59. The highest BCUT2D eigenvalue weighted by molar-refractivity contribution is 5.27. The molecule has 1 aliphatic rings. The largest absolute Gasteiger partial charge is 0.0625 e. The molecule has 82 valence electrons. The minimum absolute atomic E-state index is 0.767. The lowest BCUT2D eigenvalue weighted by Gasteiger charge is -2.12. The van der Waals surface area contributed by atoms with Crippen molar-refractivity contribution >= 4 is 0 Å². The molecule has 0 heteroatoms. The van der Waals surface area contributed by atoms with Crippen molar-refractivity contribution in [3.63, 3.8) is 0 Å². The molecule has 0 radical (unpaired) electrons. The third-order valence-corrected chi connectivity index (χ3v) is 3.42. The van der Waals surface area contributed by atoms with Gasteiger partial charge in [0.2, 0.25) is 0 Å². The average Bonchev–Trinajstić information content (AvgIpc) is 2.69. The van der Waals surface area contributed by atoms with Crippen LogP contribution in [0.15, 0.2) is 24.3 Å². The molecule has 2 rings (SSSR count). The Bertz CT molecular complexity index is 306. The van der Waals surface area contributed by atoms with Crippen LogP contribution in [0.5, 0.6) is 0 Å². The van der Waals surface area contributed by atoms with Crippen LogP contribution in [-0.2, 0) is 6.42 Å². The van der Waals surface area contributed by atoms with Crippen LogP contribution in [0, 0.1) is 5.92 Å². The summed E-state index contributed by atoms with van der Waals surface area (Å²) in [5, 5.41) is 0. The van der Waals surface area contributed by atoms with E-state index in [9.17, 15) is 0 Å². The molecule has 0 spiro atoms. The Labute approximate surface area is 93.7 Å². The Hall–Kier alpha value is -0.780. The number of benzene rings is 1. The molecule has 0 aliphatic heterocycles. The van der Waals surface area contributed by atoms with Gasteiger partial charge in [-0.1, -0.05) is 51.0 Å². The summed E-state index contributed by atoms with van der Waals surface area (Å²) < 4.78 is 0. The van der Waals surface area contributed by atoms with Crippen molar-refractivity contribution < 1.29 is 0 Å². The first kappa shape index (κ1) is 10.7. The van der Waals surface area contributed by atoms with Gasteiger partial charge in [-0.3, -0.25) is 0 Å². The van der Waals surface area contributed by atoms with Crippen LogP contribution in [-0.4, -0.2) is 0 Å². The first-order valence-electron chi connectivity index (χ1n) is 6.34. The summed E-state index contributed by atoms with van der Waals surface area (Å²) >= 11 is 0. The maximum atomic E-state index is 2.44. The minimum atomic E-state index is 0.767. The van der Waals surface area contributed by atoms with Crippen molar-refractivity contribution in [2.45, 2.75) is 51.9 Å². The van der Waals surface area contributed by atoms with Crippen molar-refractivity contribution in [1.29, 1.82) is 0 Å². The third kappa shape index (κ3) is 2.84. The van der Waals surface area contributed by atoms with E-state index >= 15 is 0 Å². The Kier molecular flexibility index (Phi) is 3.45. The summed E-state index contributed by atoms with van der Waals surface area (Å²) in [5.74, 6) is 1.63. The van der Waals surface area contributed by atoms with Crippen LogP contribution >= 0.6 is 0 Å². The van der Waals surface area contributed by atoms with Gasteiger partial charge in [0.1, 0.15) is 0 Å². The van der Waals surface area contributed by atoms with E-state index in [0.717, 1.165) is 11.8 Å². The molecule has 0 nitrogen and oxygen atoms in total. The summed E-state index contributed by atoms with van der Waals surface area (Å²) in [6, 6.07) is 9.28. The van der Waals surface area contributed by atoms with Gasteiger partial charge < -0.3 is 0 Å². The fraction of sp³-hybridized carbons (Fsp3) is 0.600. The summed E-state index contributed by atoms with van der Waals surface area (Å²) in [4.78, 5) is 0. The van der Waals surface area contributed by atoms with E-state index < -0.39 is 0 Å². The van der Waals surface area contributed by atoms with Crippen LogP contribution < -0.4 is 0 Å². The molecule has 1 aromatic carbocycles. The minimum Gasteiger partial charge on any atom is -0.0625 e. The Morgan fingerprint density at radius 3 is 2.60 bits per heavy atom. The van der Waals surface area contributed by atoms with Crippen molar-refractivity contribution in [2.75, 3.05) is 0 Å². The third-order valence-electron chi connectivity index (χ3n) is 3.42. The fourth-order valence-electron chi connectivity index (χ4n) is 2.70. The maximum Gasteiger partial charge on any atom is -0.0162 e. The van der Waals surface area contributed by atoms with Gasteiger partial charge in [-0.25, -0.2) is 0 Å². The molecule has 1 saturated carbocycles. The van der Waals surface area contributed by atoms with Crippen molar-refractivity contribution in [2.24, 2.45) is 5.92 Å². The predicted molar refractivity (Wildman–Crippen MR) is 66.2 cm³/mol. The monoisotopic (exact) mass is 202 g/mol. The molecule has 0 bridgehead atoms. The topological polar surface area (TPSA) is 0 Å². The first-order valence-corrected chi connectivity index (χ1v) is 6.34. The molecule has 1 fully saturated rings. The van der Waals surface area contributed by atoms with Crippen LogP contribution in [0.25, 0.3) is 0 Å². The molecule has 1 aliphatic carbocycles. The Balaban J connectivity index is 2.11. The average molecular weight is 202 g/mol. The van der Waals surface area contributed by atoms with Gasteiger partial charge in [0.15, 0.2) is 0 Å². The molecule has 0 saturated heterocycles. The summed E-state index contributed by atoms with van der Waals surface area (Å²) in [6.07, 6.45) is 6.90. The molecule has 0 heterocycles. The highest BCUT2D eigenvalue weighted by atomic mass is 14.2. The zero-order valence-corrected chi connectivity index (χ0v) is 10.00. The highest BCUT2D eigenvalue weighted by Gasteiger charge is 2.16. The second kappa shape index (κ2) is 4.83. The molecule has 0 amide bonds. The van der Waals surface area contributed by atoms with Crippen molar-refractivity contribution in [3.05, 3.63) is 35.4 Å². The molecule has 0 aromatic heterocycles. The molecular weight excluding hydrogens is 180 g/mol. The summed E-state index contributed by atoms with van der Waals surface area (Å²) in [7, 11) is 0. The van der Waals surface area contributed by atoms with Gasteiger partial charge >= 0.3 is 0 Å². The van der Waals surface area contributed by atoms with Gasteiger partial charge in [-0.15, -0.1) is 0 Å². The zero-order chi connectivity index (χ0) is 10.7. The van der Waals surface area contributed by atoms with Crippen LogP contribution in [0.1, 0.15) is 56.6 Å². The van der Waals surface area contributed by atoms with Crippen LogP contribution in [0.2, 0.25) is 0 Å². The number of hydrogen-bond donors (Lipinski definition) is 0. The summed E-state index contributed by atoms with van der Waals surface area (Å²) in [5.41, 5.74) is 3.11. The molecule has 1 aromatic rings. The molecule has 0 N–H and O–H groups in total. The predicted octanol–water partition coefficient (Wildman–Crippen LogP) is 4.54. The van der Waals surface area contributed by atoms with Crippen LogP contribution in [0.4, 0.5) is 0 Å². The fourth-order valence-corrected chi connectivity index (χ4v) is 2.70. The van der Waals surface area contributed by atoms with Gasteiger partial charge in [-0.2, -0.15) is 0 Å². The van der Waals surface area contributed by atoms with E-state index in [1.807, 2.05) is 0 Å². The smallest absolute Gasteiger partial charge is 0.0162 e. The van der Waals surface area contributed by atoms with E-state index in [0.29, 0.717) is 0 Å². The SMILES string of the molecule is CC(C)Cc1cccc(C2CCCC2)c1. The number of hydrogen-bond acceptors (Lipinski definition) is 0. The van der Waals surface area contributed by atoms with Crippen molar-refractivity contribution in [1.82, 2.24) is 0 Å². The Morgan fingerprint density at radius 1 is 1.20 bits per heavy atom. The maximum absolute atomic E-state index is 2.44.